The molecule has 0 bridgehead atoms. The highest BCUT2D eigenvalue weighted by Gasteiger charge is 2.35. The zero-order valence-corrected chi connectivity index (χ0v) is 10.9. The van der Waals surface area contributed by atoms with Crippen molar-refractivity contribution in [2.24, 2.45) is 0 Å². The molecular formula is C12H14F3N3O3. The maximum absolute atomic E-state index is 13.0. The minimum Gasteiger partial charge on any atom is -0.383 e. The number of benzene rings is 1. The van der Waals surface area contributed by atoms with Crippen LogP contribution in [-0.4, -0.2) is 37.3 Å². The molecule has 21 heavy (non-hydrogen) atoms. The summed E-state index contributed by atoms with van der Waals surface area (Å²) in [5, 5.41) is 16.4. The number of ether oxygens (including phenoxy) is 1. The highest BCUT2D eigenvalue weighted by atomic mass is 19.4. The van der Waals surface area contributed by atoms with Gasteiger partial charge in [-0.3, -0.25) is 10.1 Å². The zero-order valence-electron chi connectivity index (χ0n) is 10.9. The number of non-ortho nitro benzene ring substituents is 1. The Morgan fingerprint density at radius 3 is 2.81 bits per heavy atom. The Bertz CT molecular complexity index is 516. The van der Waals surface area contributed by atoms with Gasteiger partial charge in [0.05, 0.1) is 23.7 Å². The van der Waals surface area contributed by atoms with E-state index in [9.17, 15) is 23.3 Å². The molecule has 1 aromatic carbocycles. The Kier molecular flexibility index (Phi) is 4.63. The average molecular weight is 305 g/mol. The summed E-state index contributed by atoms with van der Waals surface area (Å²) in [5.74, 6) is 0. The third-order valence-electron chi connectivity index (χ3n) is 3.06. The number of hydrogen-bond acceptors (Lipinski definition) is 5. The van der Waals surface area contributed by atoms with Crippen LogP contribution in [0.4, 0.5) is 24.5 Å². The molecule has 0 saturated carbocycles. The maximum atomic E-state index is 13.0. The summed E-state index contributed by atoms with van der Waals surface area (Å²) in [5.41, 5.74) is -1.82. The molecule has 2 N–H and O–H groups in total. The van der Waals surface area contributed by atoms with Gasteiger partial charge in [-0.2, -0.15) is 13.2 Å². The Morgan fingerprint density at radius 1 is 1.48 bits per heavy atom. The standard InChI is InChI=1S/C12H14F3N3O3/c13-12(14,15)10-5-9(18(19)20)1-2-11(10)17-6-8-7-21-4-3-16-8/h1-2,5,8,16-17H,3-4,6-7H2. The smallest absolute Gasteiger partial charge is 0.383 e. The van der Waals surface area contributed by atoms with E-state index in [0.717, 1.165) is 12.1 Å². The van der Waals surface area contributed by atoms with Crippen molar-refractivity contribution in [1.29, 1.82) is 0 Å². The van der Waals surface area contributed by atoms with Crippen molar-refractivity contribution in [1.82, 2.24) is 5.32 Å². The molecule has 0 aromatic heterocycles. The second kappa shape index (κ2) is 6.27. The van der Waals surface area contributed by atoms with Gasteiger partial charge in [0.25, 0.3) is 5.69 Å². The second-order valence-corrected chi connectivity index (χ2v) is 4.59. The van der Waals surface area contributed by atoms with Crippen molar-refractivity contribution >= 4 is 11.4 Å². The largest absolute Gasteiger partial charge is 0.418 e. The quantitative estimate of drug-likeness (QED) is 0.657. The predicted molar refractivity (Wildman–Crippen MR) is 69.2 cm³/mol. The molecule has 0 spiro atoms. The summed E-state index contributed by atoms with van der Waals surface area (Å²) in [7, 11) is 0. The van der Waals surface area contributed by atoms with Crippen LogP contribution in [0, 0.1) is 10.1 Å². The van der Waals surface area contributed by atoms with E-state index in [-0.39, 0.29) is 18.3 Å². The SMILES string of the molecule is O=[N+]([O-])c1ccc(NCC2COCCN2)c(C(F)(F)F)c1. The van der Waals surface area contributed by atoms with Gasteiger partial charge in [0.15, 0.2) is 0 Å². The van der Waals surface area contributed by atoms with Crippen molar-refractivity contribution in [2.75, 3.05) is 31.6 Å². The Hall–Kier alpha value is -1.87. The van der Waals surface area contributed by atoms with Gasteiger partial charge in [-0.15, -0.1) is 0 Å². The predicted octanol–water partition coefficient (Wildman–Crippen LogP) is 2.01. The van der Waals surface area contributed by atoms with Crippen LogP contribution in [0.2, 0.25) is 0 Å². The first-order valence-corrected chi connectivity index (χ1v) is 6.28. The minimum atomic E-state index is -4.66. The molecule has 1 heterocycles. The first kappa shape index (κ1) is 15.5. The van der Waals surface area contributed by atoms with Crippen LogP contribution in [0.15, 0.2) is 18.2 Å². The lowest BCUT2D eigenvalue weighted by Gasteiger charge is -2.25. The molecule has 0 radical (unpaired) electrons. The average Bonchev–Trinajstić information content (AvgIpc) is 2.45. The number of nitrogens with one attached hydrogen (secondary N) is 2. The van der Waals surface area contributed by atoms with Gasteiger partial charge in [-0.1, -0.05) is 0 Å². The molecule has 0 aliphatic carbocycles. The van der Waals surface area contributed by atoms with Crippen LogP contribution < -0.4 is 10.6 Å². The van der Waals surface area contributed by atoms with E-state index in [0.29, 0.717) is 25.8 Å². The van der Waals surface area contributed by atoms with Crippen molar-refractivity contribution in [3.63, 3.8) is 0 Å². The fourth-order valence-electron chi connectivity index (χ4n) is 2.02. The molecule has 0 amide bonds. The molecule has 1 fully saturated rings. The lowest BCUT2D eigenvalue weighted by Crippen LogP contribution is -2.45. The highest BCUT2D eigenvalue weighted by molar-refractivity contribution is 5.57. The van der Waals surface area contributed by atoms with Crippen molar-refractivity contribution in [2.45, 2.75) is 12.2 Å². The van der Waals surface area contributed by atoms with Crippen molar-refractivity contribution in [3.05, 3.63) is 33.9 Å². The van der Waals surface area contributed by atoms with Gasteiger partial charge in [0.1, 0.15) is 0 Å². The normalized spacial score (nSPS) is 19.3. The number of anilines is 1. The van der Waals surface area contributed by atoms with Crippen LogP contribution in [-0.2, 0) is 10.9 Å². The molecule has 1 atom stereocenters. The van der Waals surface area contributed by atoms with Gasteiger partial charge < -0.3 is 15.4 Å². The van der Waals surface area contributed by atoms with Gasteiger partial charge >= 0.3 is 6.18 Å². The Morgan fingerprint density at radius 2 is 2.24 bits per heavy atom. The van der Waals surface area contributed by atoms with Gasteiger partial charge in [0, 0.05) is 37.0 Å². The number of hydrogen-bond donors (Lipinski definition) is 2. The third kappa shape index (κ3) is 4.05. The molecule has 1 aliphatic rings. The summed E-state index contributed by atoms with van der Waals surface area (Å²) < 4.78 is 44.1. The molecule has 1 aromatic rings. The summed E-state index contributed by atoms with van der Waals surface area (Å²) in [4.78, 5) is 9.74. The molecule has 1 saturated heterocycles. The zero-order chi connectivity index (χ0) is 15.5. The fourth-order valence-corrected chi connectivity index (χ4v) is 2.02. The molecule has 116 valence electrons. The van der Waals surface area contributed by atoms with E-state index < -0.39 is 22.4 Å². The van der Waals surface area contributed by atoms with Crippen LogP contribution in [0.3, 0.4) is 0 Å². The topological polar surface area (TPSA) is 76.4 Å². The molecule has 2 rings (SSSR count). The molecule has 9 heteroatoms. The maximum Gasteiger partial charge on any atom is 0.418 e. The van der Waals surface area contributed by atoms with Crippen LogP contribution >= 0.6 is 0 Å². The number of nitro benzene ring substituents is 1. The van der Waals surface area contributed by atoms with Gasteiger partial charge in [0.2, 0.25) is 0 Å². The third-order valence-corrected chi connectivity index (χ3v) is 3.06. The number of halogens is 3. The summed E-state index contributed by atoms with van der Waals surface area (Å²) >= 11 is 0. The van der Waals surface area contributed by atoms with E-state index in [1.807, 2.05) is 0 Å². The molecule has 1 unspecified atom stereocenters. The molecule has 6 nitrogen and oxygen atoms in total. The Labute approximate surface area is 118 Å². The lowest BCUT2D eigenvalue weighted by molar-refractivity contribution is -0.385. The number of alkyl halides is 3. The minimum absolute atomic E-state index is 0.102. The summed E-state index contributed by atoms with van der Waals surface area (Å²) in [6, 6.07) is 2.55. The fraction of sp³-hybridized carbons (Fsp3) is 0.500. The van der Waals surface area contributed by atoms with Crippen LogP contribution in [0.25, 0.3) is 0 Å². The number of nitro groups is 1. The van der Waals surface area contributed by atoms with E-state index in [1.165, 1.54) is 0 Å². The van der Waals surface area contributed by atoms with E-state index >= 15 is 0 Å². The van der Waals surface area contributed by atoms with Gasteiger partial charge in [-0.25, -0.2) is 0 Å². The number of rotatable bonds is 4. The summed E-state index contributed by atoms with van der Waals surface area (Å²) in [6.07, 6.45) is -4.66. The van der Waals surface area contributed by atoms with Gasteiger partial charge in [-0.05, 0) is 6.07 Å². The van der Waals surface area contributed by atoms with Crippen LogP contribution in [0.1, 0.15) is 5.56 Å². The number of nitrogens with zero attached hydrogens (tertiary/aromatic N) is 1. The summed E-state index contributed by atoms with van der Waals surface area (Å²) in [6.45, 7) is 1.85. The van der Waals surface area contributed by atoms with Crippen molar-refractivity contribution < 1.29 is 22.8 Å². The first-order chi connectivity index (χ1) is 9.88. The number of morpholine rings is 1. The first-order valence-electron chi connectivity index (χ1n) is 6.28. The van der Waals surface area contributed by atoms with Crippen LogP contribution in [0.5, 0.6) is 0 Å². The van der Waals surface area contributed by atoms with E-state index in [2.05, 4.69) is 10.6 Å². The van der Waals surface area contributed by atoms with E-state index in [4.69, 9.17) is 4.74 Å². The monoisotopic (exact) mass is 305 g/mol. The Balaban J connectivity index is 2.15. The molecule has 1 aliphatic heterocycles. The van der Waals surface area contributed by atoms with E-state index in [1.54, 1.807) is 0 Å². The van der Waals surface area contributed by atoms with Crippen molar-refractivity contribution in [3.8, 4) is 0 Å². The molecular weight excluding hydrogens is 291 g/mol. The lowest BCUT2D eigenvalue weighted by atomic mass is 10.1. The second-order valence-electron chi connectivity index (χ2n) is 4.59. The highest BCUT2D eigenvalue weighted by Crippen LogP contribution is 2.37.